The van der Waals surface area contributed by atoms with Crippen molar-refractivity contribution in [2.45, 2.75) is 95.9 Å². The molecule has 5 rings (SSSR count). The summed E-state index contributed by atoms with van der Waals surface area (Å²) in [6.45, 7) is 4.68. The van der Waals surface area contributed by atoms with Crippen molar-refractivity contribution in [2.75, 3.05) is 0 Å². The van der Waals surface area contributed by atoms with Gasteiger partial charge in [0.1, 0.15) is 6.33 Å². The second-order valence-electron chi connectivity index (χ2n) is 12.0. The third-order valence-electron chi connectivity index (χ3n) is 8.25. The average molecular weight is 611 g/mol. The Morgan fingerprint density at radius 1 is 1.00 bits per heavy atom. The number of amides is 2. The number of carbonyl (C=O) groups excluding carboxylic acids is 2. The predicted molar refractivity (Wildman–Crippen MR) is 144 cm³/mol. The first kappa shape index (κ1) is 30.8. The number of aromatic nitrogens is 6. The van der Waals surface area contributed by atoms with E-state index in [1.54, 1.807) is 22.9 Å². The molecule has 15 heteroatoms. The summed E-state index contributed by atoms with van der Waals surface area (Å²) in [5, 5.41) is 9.78. The summed E-state index contributed by atoms with van der Waals surface area (Å²) >= 11 is 0. The smallest absolute Gasteiger partial charge is 0.347 e. The van der Waals surface area contributed by atoms with Crippen LogP contribution >= 0.6 is 0 Å². The van der Waals surface area contributed by atoms with Gasteiger partial charge in [-0.05, 0) is 57.4 Å². The molecule has 43 heavy (non-hydrogen) atoms. The number of hydrogen-bond acceptors (Lipinski definition) is 6. The van der Waals surface area contributed by atoms with Gasteiger partial charge in [0.15, 0.2) is 0 Å². The molecule has 0 spiro atoms. The van der Waals surface area contributed by atoms with E-state index in [2.05, 4.69) is 30.7 Å². The van der Waals surface area contributed by atoms with Crippen LogP contribution in [0.1, 0.15) is 106 Å². The minimum atomic E-state index is -4.47. The van der Waals surface area contributed by atoms with E-state index in [4.69, 9.17) is 0 Å². The highest BCUT2D eigenvalue weighted by molar-refractivity contribution is 5.91. The Labute approximate surface area is 244 Å². The van der Waals surface area contributed by atoms with Crippen molar-refractivity contribution >= 4 is 17.6 Å². The topological polar surface area (TPSA) is 119 Å². The van der Waals surface area contributed by atoms with Gasteiger partial charge in [-0.2, -0.15) is 18.3 Å². The number of alkyl halides is 5. The quantitative estimate of drug-likeness (QED) is 0.299. The molecule has 2 fully saturated rings. The first-order valence-corrected chi connectivity index (χ1v) is 14.5. The molecule has 0 bridgehead atoms. The molecule has 3 aromatic heterocycles. The molecule has 0 saturated heterocycles. The van der Waals surface area contributed by atoms with Crippen molar-refractivity contribution in [3.8, 4) is 0 Å². The van der Waals surface area contributed by atoms with Crippen molar-refractivity contribution in [1.29, 1.82) is 0 Å². The molecule has 0 aliphatic heterocycles. The fourth-order valence-electron chi connectivity index (χ4n) is 5.54. The summed E-state index contributed by atoms with van der Waals surface area (Å²) in [7, 11) is 0. The summed E-state index contributed by atoms with van der Waals surface area (Å²) < 4.78 is 70.1. The van der Waals surface area contributed by atoms with Crippen LogP contribution in [0, 0.1) is 17.8 Å². The van der Waals surface area contributed by atoms with Crippen LogP contribution in [0.5, 0.6) is 0 Å². The van der Waals surface area contributed by atoms with E-state index in [1.165, 1.54) is 11.0 Å². The molecule has 3 heterocycles. The van der Waals surface area contributed by atoms with Crippen LogP contribution < -0.4 is 10.6 Å². The lowest BCUT2D eigenvalue weighted by Gasteiger charge is -2.33. The Morgan fingerprint density at radius 2 is 1.63 bits per heavy atom. The van der Waals surface area contributed by atoms with Crippen LogP contribution in [-0.4, -0.2) is 53.0 Å². The third-order valence-corrected chi connectivity index (χ3v) is 8.25. The monoisotopic (exact) mass is 610 g/mol. The molecule has 234 valence electrons. The lowest BCUT2D eigenvalue weighted by molar-refractivity contribution is -0.174. The zero-order valence-corrected chi connectivity index (χ0v) is 24.1. The molecular weight excluding hydrogens is 575 g/mol. The van der Waals surface area contributed by atoms with E-state index >= 15 is 0 Å². The van der Waals surface area contributed by atoms with E-state index in [1.807, 2.05) is 13.8 Å². The largest absolute Gasteiger partial charge is 0.392 e. The maximum Gasteiger partial charge on any atom is 0.392 e. The number of imidazole rings is 1. The SMILES string of the molecule is CC(C)n1ncnc1C(=O)N[C@H](c1cn2ccc(C(NC(=O)C[C@@H](C)C(F)(F)F)C3CC3)nc2n1)C1CCC(F)(F)CC1. The van der Waals surface area contributed by atoms with Crippen LogP contribution in [0.3, 0.4) is 0 Å². The van der Waals surface area contributed by atoms with Gasteiger partial charge in [-0.25, -0.2) is 28.4 Å². The fourth-order valence-corrected chi connectivity index (χ4v) is 5.54. The van der Waals surface area contributed by atoms with Gasteiger partial charge < -0.3 is 10.6 Å². The van der Waals surface area contributed by atoms with Crippen LogP contribution in [0.4, 0.5) is 22.0 Å². The van der Waals surface area contributed by atoms with E-state index in [9.17, 15) is 31.5 Å². The standard InChI is InChI=1S/C28H35F5N8O2/c1-15(2)41-24(34-14-35-41)25(43)39-23(18-6-9-27(29,30)10-7-18)20-13-40-11-8-19(36-26(40)37-20)22(17-4-5-17)38-21(42)12-16(3)28(31,32)33/h8,11,13-18,22-23H,4-7,9-10,12H2,1-3H3,(H,38,42)(H,39,43)/t16-,22?,23+/m1/s1. The highest BCUT2D eigenvalue weighted by Gasteiger charge is 2.41. The number of nitrogens with zero attached hydrogens (tertiary/aromatic N) is 6. The zero-order chi connectivity index (χ0) is 31.1. The minimum Gasteiger partial charge on any atom is -0.347 e. The highest BCUT2D eigenvalue weighted by atomic mass is 19.4. The Hall–Kier alpha value is -3.65. The van der Waals surface area contributed by atoms with E-state index in [0.717, 1.165) is 19.8 Å². The third kappa shape index (κ3) is 7.12. The molecule has 3 aromatic rings. The number of hydrogen-bond donors (Lipinski definition) is 2. The zero-order valence-electron chi connectivity index (χ0n) is 24.1. The second kappa shape index (κ2) is 11.8. The van der Waals surface area contributed by atoms with Gasteiger partial charge in [0.25, 0.3) is 5.91 Å². The molecule has 1 unspecified atom stereocenters. The summed E-state index contributed by atoms with van der Waals surface area (Å²) in [6, 6.07) is 0.254. The summed E-state index contributed by atoms with van der Waals surface area (Å²) in [6.07, 6.45) is 0.803. The van der Waals surface area contributed by atoms with Crippen LogP contribution in [0.2, 0.25) is 0 Å². The van der Waals surface area contributed by atoms with Gasteiger partial charge in [-0.15, -0.1) is 0 Å². The normalized spacial score (nSPS) is 19.7. The molecule has 2 aliphatic rings. The molecule has 0 radical (unpaired) electrons. The maximum atomic E-state index is 14.0. The van der Waals surface area contributed by atoms with Crippen molar-refractivity contribution in [3.63, 3.8) is 0 Å². The number of nitrogens with one attached hydrogen (secondary N) is 2. The first-order chi connectivity index (χ1) is 20.2. The molecule has 2 aliphatic carbocycles. The van der Waals surface area contributed by atoms with Gasteiger partial charge in [0.05, 0.1) is 29.4 Å². The lowest BCUT2D eigenvalue weighted by atomic mass is 9.81. The maximum absolute atomic E-state index is 14.0. The molecule has 3 atom stereocenters. The minimum absolute atomic E-state index is 0.0452. The summed E-state index contributed by atoms with van der Waals surface area (Å²) in [5.41, 5.74) is 0.887. The summed E-state index contributed by atoms with van der Waals surface area (Å²) in [4.78, 5) is 39.2. The molecule has 2 saturated carbocycles. The molecule has 0 aromatic carbocycles. The Morgan fingerprint density at radius 3 is 2.26 bits per heavy atom. The van der Waals surface area contributed by atoms with Gasteiger partial charge >= 0.3 is 6.18 Å². The van der Waals surface area contributed by atoms with Crippen molar-refractivity contribution in [2.24, 2.45) is 17.8 Å². The van der Waals surface area contributed by atoms with Crippen LogP contribution in [-0.2, 0) is 4.79 Å². The van der Waals surface area contributed by atoms with E-state index in [0.29, 0.717) is 11.4 Å². The fraction of sp³-hybridized carbons (Fsp3) is 0.643. The summed E-state index contributed by atoms with van der Waals surface area (Å²) in [5.74, 6) is -5.70. The van der Waals surface area contributed by atoms with Gasteiger partial charge in [-0.3, -0.25) is 14.0 Å². The van der Waals surface area contributed by atoms with Crippen molar-refractivity contribution in [3.05, 3.63) is 42.0 Å². The lowest BCUT2D eigenvalue weighted by Crippen LogP contribution is -2.38. The van der Waals surface area contributed by atoms with Crippen molar-refractivity contribution in [1.82, 2.24) is 39.8 Å². The van der Waals surface area contributed by atoms with Crippen molar-refractivity contribution < 1.29 is 31.5 Å². The predicted octanol–water partition coefficient (Wildman–Crippen LogP) is 5.35. The number of rotatable bonds is 10. The van der Waals surface area contributed by atoms with Gasteiger partial charge in [0, 0.05) is 37.7 Å². The van der Waals surface area contributed by atoms with E-state index in [-0.39, 0.29) is 55.2 Å². The van der Waals surface area contributed by atoms with E-state index < -0.39 is 48.3 Å². The van der Waals surface area contributed by atoms with Gasteiger partial charge in [-0.1, -0.05) is 6.92 Å². The Kier molecular flexibility index (Phi) is 8.45. The molecule has 2 N–H and O–H groups in total. The highest BCUT2D eigenvalue weighted by Crippen LogP contribution is 2.42. The average Bonchev–Trinajstić information content (AvgIpc) is 3.47. The van der Waals surface area contributed by atoms with Crippen LogP contribution in [0.25, 0.3) is 5.78 Å². The van der Waals surface area contributed by atoms with Gasteiger partial charge in [0.2, 0.25) is 23.4 Å². The molecular formula is C28H35F5N8O2. The van der Waals surface area contributed by atoms with Crippen LogP contribution in [0.15, 0.2) is 24.8 Å². The Bertz CT molecular complexity index is 1450. The second-order valence-corrected chi connectivity index (χ2v) is 12.0. The number of carbonyl (C=O) groups is 2. The molecule has 10 nitrogen and oxygen atoms in total. The number of halogens is 5. The Balaban J connectivity index is 1.41. The first-order valence-electron chi connectivity index (χ1n) is 14.5. The number of fused-ring (bicyclic) bond motifs is 1. The molecule has 2 amide bonds.